The average Bonchev–Trinajstić information content (AvgIpc) is 2.87. The zero-order valence-electron chi connectivity index (χ0n) is 20.6. The average molecular weight is 664 g/mol. The van der Waals surface area contributed by atoms with Crippen molar-refractivity contribution in [1.82, 2.24) is 4.90 Å². The molecule has 2 aromatic carbocycles. The molecule has 2 aromatic rings. The van der Waals surface area contributed by atoms with Crippen molar-refractivity contribution >= 4 is 61.0 Å². The summed E-state index contributed by atoms with van der Waals surface area (Å²) in [4.78, 5) is 40.6. The van der Waals surface area contributed by atoms with Crippen LogP contribution in [0.3, 0.4) is 0 Å². The third-order valence-electron chi connectivity index (χ3n) is 7.28. The first-order chi connectivity index (χ1) is 18.2. The van der Waals surface area contributed by atoms with Crippen molar-refractivity contribution in [2.24, 2.45) is 0 Å². The van der Waals surface area contributed by atoms with Crippen molar-refractivity contribution in [3.63, 3.8) is 0 Å². The number of rotatable bonds is 7. The minimum atomic E-state index is -0.908. The molecule has 0 radical (unpaired) electrons. The molecule has 0 fully saturated rings. The zero-order chi connectivity index (χ0) is 27.0. The first-order valence-electron chi connectivity index (χ1n) is 12.6. The molecular formula is C29H26Br2ClNO5. The second kappa shape index (κ2) is 11.4. The van der Waals surface area contributed by atoms with Crippen molar-refractivity contribution in [3.05, 3.63) is 84.0 Å². The highest BCUT2D eigenvalue weighted by Gasteiger charge is 2.44. The van der Waals surface area contributed by atoms with E-state index in [1.807, 2.05) is 29.2 Å². The number of ketones is 2. The number of Topliss-reactive ketones (excluding diaryl/α,β-unsaturated/α-hetero) is 2. The second-order valence-electron chi connectivity index (χ2n) is 9.72. The molecule has 3 aliphatic rings. The number of carboxylic acids is 1. The van der Waals surface area contributed by atoms with E-state index in [0.717, 1.165) is 27.0 Å². The number of allylic oxidation sites excluding steroid dienone is 4. The van der Waals surface area contributed by atoms with Crippen LogP contribution in [0.15, 0.2) is 67.9 Å². The van der Waals surface area contributed by atoms with Crippen molar-refractivity contribution in [2.75, 3.05) is 6.54 Å². The van der Waals surface area contributed by atoms with Gasteiger partial charge in [0.05, 0.1) is 10.9 Å². The zero-order valence-corrected chi connectivity index (χ0v) is 24.5. The number of aliphatic carboxylic acids is 1. The van der Waals surface area contributed by atoms with Gasteiger partial charge in [0.25, 0.3) is 0 Å². The van der Waals surface area contributed by atoms with E-state index < -0.39 is 11.9 Å². The predicted octanol–water partition coefficient (Wildman–Crippen LogP) is 7.33. The molecule has 1 N–H and O–H groups in total. The van der Waals surface area contributed by atoms with Gasteiger partial charge in [0.2, 0.25) is 0 Å². The van der Waals surface area contributed by atoms with Crippen LogP contribution in [0.5, 0.6) is 5.75 Å². The molecule has 1 aliphatic heterocycles. The standard InChI is InChI=1S/C29H26Br2ClNO5/c30-17-13-19(29(20(31)14-17)38-15-16-7-9-18(32)10-8-16)26-27-21(3-1-5-23(27)34)33(12-11-25(36)37)22-4-2-6-24(35)28(22)26/h7-10,13-14,26H,1-6,11-12,15H2,(H,36,37). The molecule has 6 nitrogen and oxygen atoms in total. The summed E-state index contributed by atoms with van der Waals surface area (Å²) in [5, 5.41) is 10.0. The fraction of sp³-hybridized carbons (Fsp3) is 0.345. The summed E-state index contributed by atoms with van der Waals surface area (Å²) < 4.78 is 7.87. The summed E-state index contributed by atoms with van der Waals surface area (Å²) in [6, 6.07) is 11.2. The summed E-state index contributed by atoms with van der Waals surface area (Å²) in [5.74, 6) is -0.907. The Morgan fingerprint density at radius 1 is 0.974 bits per heavy atom. The van der Waals surface area contributed by atoms with Gasteiger partial charge in [-0.25, -0.2) is 0 Å². The first-order valence-corrected chi connectivity index (χ1v) is 14.6. The molecule has 0 bridgehead atoms. The van der Waals surface area contributed by atoms with Gasteiger partial charge in [0.1, 0.15) is 12.4 Å². The molecule has 5 rings (SSSR count). The summed E-state index contributed by atoms with van der Waals surface area (Å²) >= 11 is 13.3. The molecule has 198 valence electrons. The number of carbonyl (C=O) groups is 3. The fourth-order valence-corrected chi connectivity index (χ4v) is 7.19. The quantitative estimate of drug-likeness (QED) is 0.334. The van der Waals surface area contributed by atoms with Crippen LogP contribution >= 0.6 is 43.5 Å². The maximum absolute atomic E-state index is 13.6. The number of carboxylic acid groups (broad SMARTS) is 1. The number of benzene rings is 2. The van der Waals surface area contributed by atoms with Gasteiger partial charge in [0, 0.05) is 62.9 Å². The normalized spacial score (nSPS) is 18.0. The largest absolute Gasteiger partial charge is 0.487 e. The van der Waals surface area contributed by atoms with Crippen LogP contribution in [0.25, 0.3) is 0 Å². The van der Waals surface area contributed by atoms with Gasteiger partial charge in [-0.3, -0.25) is 14.4 Å². The number of halogens is 3. The Kier molecular flexibility index (Phi) is 8.12. The van der Waals surface area contributed by atoms with Crippen LogP contribution in [-0.2, 0) is 21.0 Å². The molecule has 0 saturated heterocycles. The van der Waals surface area contributed by atoms with Crippen LogP contribution in [0, 0.1) is 0 Å². The van der Waals surface area contributed by atoms with Gasteiger partial charge in [-0.05, 0) is 71.4 Å². The van der Waals surface area contributed by atoms with Crippen molar-refractivity contribution in [3.8, 4) is 5.75 Å². The van der Waals surface area contributed by atoms with Crippen LogP contribution in [0.2, 0.25) is 5.02 Å². The predicted molar refractivity (Wildman–Crippen MR) is 151 cm³/mol. The minimum Gasteiger partial charge on any atom is -0.487 e. The molecule has 0 atom stereocenters. The van der Waals surface area contributed by atoms with Gasteiger partial charge < -0.3 is 14.7 Å². The van der Waals surface area contributed by atoms with Gasteiger partial charge >= 0.3 is 5.97 Å². The maximum atomic E-state index is 13.6. The molecule has 9 heteroatoms. The van der Waals surface area contributed by atoms with Crippen LogP contribution < -0.4 is 4.74 Å². The number of ether oxygens (including phenoxy) is 1. The van der Waals surface area contributed by atoms with Crippen molar-refractivity contribution in [2.45, 2.75) is 57.5 Å². The van der Waals surface area contributed by atoms with E-state index in [1.54, 1.807) is 12.1 Å². The lowest BCUT2D eigenvalue weighted by atomic mass is 9.70. The number of hydrogen-bond donors (Lipinski definition) is 1. The van der Waals surface area contributed by atoms with Crippen LogP contribution in [0.1, 0.15) is 62.0 Å². The molecular weight excluding hydrogens is 638 g/mol. The molecule has 0 spiro atoms. The lowest BCUT2D eigenvalue weighted by molar-refractivity contribution is -0.137. The van der Waals surface area contributed by atoms with Crippen LogP contribution in [-0.4, -0.2) is 34.1 Å². The van der Waals surface area contributed by atoms with E-state index in [-0.39, 0.29) is 31.1 Å². The Hall–Kier alpha value is -2.42. The molecule has 1 heterocycles. The van der Waals surface area contributed by atoms with Crippen molar-refractivity contribution in [1.29, 1.82) is 0 Å². The molecule has 0 aromatic heterocycles. The second-order valence-corrected chi connectivity index (χ2v) is 11.9. The highest BCUT2D eigenvalue weighted by molar-refractivity contribution is 9.11. The molecule has 38 heavy (non-hydrogen) atoms. The Bertz CT molecular complexity index is 1340. The Balaban J connectivity index is 1.66. The van der Waals surface area contributed by atoms with E-state index in [1.165, 1.54) is 0 Å². The summed E-state index contributed by atoms with van der Waals surface area (Å²) in [6.45, 7) is 0.518. The monoisotopic (exact) mass is 661 g/mol. The smallest absolute Gasteiger partial charge is 0.305 e. The van der Waals surface area contributed by atoms with Gasteiger partial charge in [-0.15, -0.1) is 0 Å². The lowest BCUT2D eigenvalue weighted by Crippen LogP contribution is -2.40. The highest BCUT2D eigenvalue weighted by atomic mass is 79.9. The summed E-state index contributed by atoms with van der Waals surface area (Å²) in [5.41, 5.74) is 4.56. The van der Waals surface area contributed by atoms with E-state index in [0.29, 0.717) is 64.9 Å². The molecule has 2 aliphatic carbocycles. The highest BCUT2D eigenvalue weighted by Crippen LogP contribution is 2.52. The SMILES string of the molecule is O=C(O)CCN1C2=C(C(=O)CCC2)C(c2cc(Br)cc(Br)c2OCc2ccc(Cl)cc2)C2=C1CCCC2=O. The molecule has 0 saturated carbocycles. The summed E-state index contributed by atoms with van der Waals surface area (Å²) in [6.07, 6.45) is 3.46. The Labute approximate surface area is 242 Å². The van der Waals surface area contributed by atoms with E-state index in [4.69, 9.17) is 16.3 Å². The molecule has 0 unspecified atom stereocenters. The lowest BCUT2D eigenvalue weighted by Gasteiger charge is -2.44. The number of nitrogens with zero attached hydrogens (tertiary/aromatic N) is 1. The minimum absolute atomic E-state index is 0.00116. The van der Waals surface area contributed by atoms with E-state index >= 15 is 0 Å². The van der Waals surface area contributed by atoms with E-state index in [9.17, 15) is 19.5 Å². The van der Waals surface area contributed by atoms with Gasteiger partial charge in [-0.1, -0.05) is 39.7 Å². The Morgan fingerprint density at radius 2 is 1.58 bits per heavy atom. The Morgan fingerprint density at radius 3 is 2.16 bits per heavy atom. The van der Waals surface area contributed by atoms with Crippen LogP contribution in [0.4, 0.5) is 0 Å². The first kappa shape index (κ1) is 27.2. The molecule has 0 amide bonds. The third kappa shape index (κ3) is 5.36. The van der Waals surface area contributed by atoms with E-state index in [2.05, 4.69) is 31.9 Å². The topological polar surface area (TPSA) is 83.9 Å². The van der Waals surface area contributed by atoms with Gasteiger partial charge in [0.15, 0.2) is 11.6 Å². The number of carbonyl (C=O) groups excluding carboxylic acids is 2. The van der Waals surface area contributed by atoms with Gasteiger partial charge in [-0.2, -0.15) is 0 Å². The maximum Gasteiger partial charge on any atom is 0.305 e. The number of hydrogen-bond acceptors (Lipinski definition) is 5. The third-order valence-corrected chi connectivity index (χ3v) is 8.58. The fourth-order valence-electron chi connectivity index (χ4n) is 5.69. The summed E-state index contributed by atoms with van der Waals surface area (Å²) in [7, 11) is 0. The van der Waals surface area contributed by atoms with Crippen molar-refractivity contribution < 1.29 is 24.2 Å².